The average molecular weight is 359 g/mol. The number of sulfone groups is 1. The van der Waals surface area contributed by atoms with Gasteiger partial charge in [0.15, 0.2) is 15.8 Å². The van der Waals surface area contributed by atoms with Crippen LogP contribution >= 0.6 is 11.3 Å². The van der Waals surface area contributed by atoms with Crippen LogP contribution < -0.4 is 10.6 Å². The second-order valence-corrected chi connectivity index (χ2v) is 9.88. The minimum Gasteiger partial charge on any atom is -0.356 e. The fourth-order valence-corrected chi connectivity index (χ4v) is 5.17. The molecule has 1 aromatic heterocycles. The zero-order valence-corrected chi connectivity index (χ0v) is 15.9. The number of hydrogen-bond acceptors (Lipinski definition) is 5. The minimum absolute atomic E-state index is 0.170. The van der Waals surface area contributed by atoms with Crippen molar-refractivity contribution in [1.82, 2.24) is 15.6 Å². The van der Waals surface area contributed by atoms with Crippen LogP contribution in [0.4, 0.5) is 0 Å². The first-order valence-electron chi connectivity index (χ1n) is 7.93. The van der Waals surface area contributed by atoms with Gasteiger partial charge < -0.3 is 10.6 Å². The first-order chi connectivity index (χ1) is 10.7. The molecule has 2 N–H and O–H groups in total. The van der Waals surface area contributed by atoms with Gasteiger partial charge in [-0.1, -0.05) is 0 Å². The SMILES string of the molecule is Cc1nc(CN=C(NCC2CCS(=O)(=O)C2)NC(C)C)sc1C. The van der Waals surface area contributed by atoms with Crippen molar-refractivity contribution < 1.29 is 8.42 Å². The van der Waals surface area contributed by atoms with Gasteiger partial charge in [-0.15, -0.1) is 11.3 Å². The number of hydrogen-bond donors (Lipinski definition) is 2. The van der Waals surface area contributed by atoms with E-state index < -0.39 is 9.84 Å². The summed E-state index contributed by atoms with van der Waals surface area (Å²) < 4.78 is 23.1. The summed E-state index contributed by atoms with van der Waals surface area (Å²) in [5.41, 5.74) is 1.06. The Morgan fingerprint density at radius 2 is 2.17 bits per heavy atom. The molecule has 0 radical (unpaired) electrons. The van der Waals surface area contributed by atoms with E-state index in [0.29, 0.717) is 18.8 Å². The summed E-state index contributed by atoms with van der Waals surface area (Å²) in [5.74, 6) is 1.47. The topological polar surface area (TPSA) is 83.5 Å². The molecular weight excluding hydrogens is 332 g/mol. The number of rotatable bonds is 5. The number of guanidine groups is 1. The van der Waals surface area contributed by atoms with E-state index in [1.165, 1.54) is 4.88 Å². The molecule has 23 heavy (non-hydrogen) atoms. The Bertz CT molecular complexity index is 646. The molecule has 1 atom stereocenters. The maximum absolute atomic E-state index is 11.5. The van der Waals surface area contributed by atoms with Crippen molar-refractivity contribution in [2.45, 2.75) is 46.7 Å². The molecule has 0 aliphatic carbocycles. The predicted molar refractivity (Wildman–Crippen MR) is 95.8 cm³/mol. The molecule has 0 spiro atoms. The Labute approximate surface area is 142 Å². The van der Waals surface area contributed by atoms with Crippen molar-refractivity contribution in [2.24, 2.45) is 10.9 Å². The Balaban J connectivity index is 1.94. The average Bonchev–Trinajstić information content (AvgIpc) is 2.95. The second-order valence-electron chi connectivity index (χ2n) is 6.36. The summed E-state index contributed by atoms with van der Waals surface area (Å²) >= 11 is 1.67. The summed E-state index contributed by atoms with van der Waals surface area (Å²) in [5, 5.41) is 7.55. The molecule has 0 aromatic carbocycles. The van der Waals surface area contributed by atoms with Crippen LogP contribution in [0.2, 0.25) is 0 Å². The van der Waals surface area contributed by atoms with Crippen molar-refractivity contribution in [3.05, 3.63) is 15.6 Å². The third kappa shape index (κ3) is 5.76. The molecule has 1 aromatic rings. The van der Waals surface area contributed by atoms with E-state index in [1.807, 2.05) is 6.92 Å². The van der Waals surface area contributed by atoms with E-state index >= 15 is 0 Å². The number of aliphatic imine (C=N–C) groups is 1. The standard InChI is InChI=1S/C15H26N4O2S2/c1-10(2)18-15(16-7-13-5-6-23(20,21)9-13)17-8-14-19-11(3)12(4)22-14/h10,13H,5-9H2,1-4H3,(H2,16,17,18). The first-order valence-corrected chi connectivity index (χ1v) is 10.6. The third-order valence-corrected chi connectivity index (χ3v) is 6.65. The number of aromatic nitrogens is 1. The second kappa shape index (κ2) is 7.61. The summed E-state index contributed by atoms with van der Waals surface area (Å²) in [6.07, 6.45) is 0.731. The van der Waals surface area contributed by atoms with Gasteiger partial charge in [0.25, 0.3) is 0 Å². The highest BCUT2D eigenvalue weighted by atomic mass is 32.2. The van der Waals surface area contributed by atoms with Crippen LogP contribution in [-0.4, -0.2) is 43.5 Å². The van der Waals surface area contributed by atoms with Crippen LogP contribution in [0.5, 0.6) is 0 Å². The highest BCUT2D eigenvalue weighted by Gasteiger charge is 2.27. The summed E-state index contributed by atoms with van der Waals surface area (Å²) in [6.45, 7) is 9.33. The quantitative estimate of drug-likeness (QED) is 0.617. The fraction of sp³-hybridized carbons (Fsp3) is 0.733. The van der Waals surface area contributed by atoms with Gasteiger partial charge in [0.05, 0.1) is 23.7 Å². The Kier molecular flexibility index (Phi) is 6.02. The minimum atomic E-state index is -2.83. The van der Waals surface area contributed by atoms with Gasteiger partial charge in [0.1, 0.15) is 5.01 Å². The van der Waals surface area contributed by atoms with Crippen LogP contribution in [0.1, 0.15) is 35.8 Å². The molecule has 2 heterocycles. The van der Waals surface area contributed by atoms with Crippen LogP contribution in [0.15, 0.2) is 4.99 Å². The Morgan fingerprint density at radius 1 is 1.43 bits per heavy atom. The van der Waals surface area contributed by atoms with Gasteiger partial charge >= 0.3 is 0 Å². The van der Waals surface area contributed by atoms with Crippen molar-refractivity contribution in [1.29, 1.82) is 0 Å². The molecule has 1 fully saturated rings. The predicted octanol–water partition coefficient (Wildman–Crippen LogP) is 1.64. The van der Waals surface area contributed by atoms with Crippen LogP contribution in [0, 0.1) is 19.8 Å². The lowest BCUT2D eigenvalue weighted by atomic mass is 10.1. The van der Waals surface area contributed by atoms with E-state index in [9.17, 15) is 8.42 Å². The molecule has 0 amide bonds. The molecule has 130 valence electrons. The number of nitrogens with one attached hydrogen (secondary N) is 2. The summed E-state index contributed by atoms with van der Waals surface area (Å²) in [6, 6.07) is 0.258. The Morgan fingerprint density at radius 3 is 2.70 bits per heavy atom. The molecular formula is C15H26N4O2S2. The molecule has 1 saturated heterocycles. The van der Waals surface area contributed by atoms with Crippen LogP contribution in [-0.2, 0) is 16.4 Å². The lowest BCUT2D eigenvalue weighted by Gasteiger charge is -2.17. The maximum atomic E-state index is 11.5. The molecule has 1 unspecified atom stereocenters. The molecule has 1 aliphatic heterocycles. The highest BCUT2D eigenvalue weighted by molar-refractivity contribution is 7.91. The summed E-state index contributed by atoms with van der Waals surface area (Å²) in [4.78, 5) is 10.3. The maximum Gasteiger partial charge on any atom is 0.191 e. The van der Waals surface area contributed by atoms with Crippen molar-refractivity contribution in [3.8, 4) is 0 Å². The Hall–Kier alpha value is -1.15. The van der Waals surface area contributed by atoms with Gasteiger partial charge in [-0.3, -0.25) is 0 Å². The van der Waals surface area contributed by atoms with E-state index in [1.54, 1.807) is 11.3 Å². The van der Waals surface area contributed by atoms with E-state index in [2.05, 4.69) is 41.4 Å². The van der Waals surface area contributed by atoms with Gasteiger partial charge in [-0.05, 0) is 40.0 Å². The highest BCUT2D eigenvalue weighted by Crippen LogP contribution is 2.18. The van der Waals surface area contributed by atoms with E-state index in [4.69, 9.17) is 0 Å². The fourth-order valence-electron chi connectivity index (χ4n) is 2.45. The summed E-state index contributed by atoms with van der Waals surface area (Å²) in [7, 11) is -2.83. The van der Waals surface area contributed by atoms with Crippen molar-refractivity contribution in [2.75, 3.05) is 18.1 Å². The van der Waals surface area contributed by atoms with Gasteiger partial charge in [-0.2, -0.15) is 0 Å². The zero-order chi connectivity index (χ0) is 17.0. The zero-order valence-electron chi connectivity index (χ0n) is 14.2. The number of nitrogens with zero attached hydrogens (tertiary/aromatic N) is 2. The van der Waals surface area contributed by atoms with Crippen LogP contribution in [0.3, 0.4) is 0 Å². The number of thiazole rings is 1. The largest absolute Gasteiger partial charge is 0.356 e. The van der Waals surface area contributed by atoms with Gasteiger partial charge in [0.2, 0.25) is 0 Å². The molecule has 0 bridgehead atoms. The van der Waals surface area contributed by atoms with Crippen molar-refractivity contribution >= 4 is 27.1 Å². The van der Waals surface area contributed by atoms with Gasteiger partial charge in [0, 0.05) is 17.5 Å². The third-order valence-electron chi connectivity index (χ3n) is 3.76. The monoisotopic (exact) mass is 358 g/mol. The molecule has 8 heteroatoms. The normalized spacial score (nSPS) is 20.9. The lowest BCUT2D eigenvalue weighted by Crippen LogP contribution is -2.43. The van der Waals surface area contributed by atoms with E-state index in [-0.39, 0.29) is 17.7 Å². The molecule has 2 rings (SSSR count). The number of aryl methyl sites for hydroxylation is 2. The molecule has 1 aliphatic rings. The van der Waals surface area contributed by atoms with E-state index in [0.717, 1.165) is 23.1 Å². The smallest absolute Gasteiger partial charge is 0.191 e. The van der Waals surface area contributed by atoms with Crippen molar-refractivity contribution in [3.63, 3.8) is 0 Å². The lowest BCUT2D eigenvalue weighted by molar-refractivity contribution is 0.562. The molecule has 0 saturated carbocycles. The molecule has 6 nitrogen and oxygen atoms in total. The first kappa shape index (κ1) is 18.2. The van der Waals surface area contributed by atoms with Crippen LogP contribution in [0.25, 0.3) is 0 Å². The van der Waals surface area contributed by atoms with Gasteiger partial charge in [-0.25, -0.2) is 18.4 Å².